The van der Waals surface area contributed by atoms with E-state index < -0.39 is 35.1 Å². The van der Waals surface area contributed by atoms with E-state index in [0.29, 0.717) is 40.8 Å². The molecule has 0 amide bonds. The Morgan fingerprint density at radius 2 is 1.65 bits per heavy atom. The Bertz CT molecular complexity index is 1360. The first kappa shape index (κ1) is 26.0. The molecule has 4 rings (SSSR count). The van der Waals surface area contributed by atoms with Crippen LogP contribution in [0.2, 0.25) is 0 Å². The molecule has 0 saturated carbocycles. The van der Waals surface area contributed by atoms with Gasteiger partial charge >= 0.3 is 18.3 Å². The Balaban J connectivity index is 1.80. The van der Waals surface area contributed by atoms with Crippen molar-refractivity contribution in [3.8, 4) is 0 Å². The number of halogens is 6. The highest BCUT2D eigenvalue weighted by molar-refractivity contribution is 6.00. The molecule has 0 spiro atoms. The molecule has 10 heteroatoms. The molecule has 192 valence electrons. The molecule has 0 saturated heterocycles. The number of alkyl halides is 6. The first-order valence-corrected chi connectivity index (χ1v) is 11.0. The van der Waals surface area contributed by atoms with Gasteiger partial charge in [-0.15, -0.1) is 6.58 Å². The number of cyclic esters (lactones) is 1. The van der Waals surface area contributed by atoms with E-state index in [-0.39, 0.29) is 24.4 Å². The van der Waals surface area contributed by atoms with Crippen LogP contribution in [0.3, 0.4) is 0 Å². The molecule has 0 bridgehead atoms. The fourth-order valence-electron chi connectivity index (χ4n) is 4.22. The van der Waals surface area contributed by atoms with Gasteiger partial charge in [-0.25, -0.2) is 9.79 Å². The number of hydrogen-bond acceptors (Lipinski definition) is 3. The molecule has 3 aromatic rings. The summed E-state index contributed by atoms with van der Waals surface area (Å²) in [4.78, 5) is 15.8. The molecule has 1 aliphatic heterocycles. The molecule has 4 nitrogen and oxygen atoms in total. The second-order valence-corrected chi connectivity index (χ2v) is 8.42. The van der Waals surface area contributed by atoms with Crippen LogP contribution in [0.4, 0.5) is 32.0 Å². The third kappa shape index (κ3) is 5.52. The van der Waals surface area contributed by atoms with Crippen LogP contribution in [0.5, 0.6) is 0 Å². The summed E-state index contributed by atoms with van der Waals surface area (Å²) < 4.78 is 84.7. The molecule has 0 aliphatic carbocycles. The average molecular weight is 518 g/mol. The van der Waals surface area contributed by atoms with Gasteiger partial charge in [0.15, 0.2) is 0 Å². The van der Waals surface area contributed by atoms with E-state index in [9.17, 15) is 31.1 Å². The fraction of sp³-hybridized carbons (Fsp3) is 0.185. The van der Waals surface area contributed by atoms with Gasteiger partial charge in [0.25, 0.3) is 0 Å². The Hall–Kier alpha value is -4.08. The fourth-order valence-corrected chi connectivity index (χ4v) is 4.22. The van der Waals surface area contributed by atoms with E-state index >= 15 is 0 Å². The normalized spacial score (nSPS) is 14.8. The van der Waals surface area contributed by atoms with E-state index in [1.165, 1.54) is 0 Å². The van der Waals surface area contributed by atoms with Crippen molar-refractivity contribution in [3.63, 3.8) is 0 Å². The van der Waals surface area contributed by atoms with Crippen LogP contribution in [0.1, 0.15) is 56.1 Å². The van der Waals surface area contributed by atoms with Gasteiger partial charge < -0.3 is 10.5 Å². The van der Waals surface area contributed by atoms with Gasteiger partial charge in [-0.3, -0.25) is 0 Å². The molecule has 1 heterocycles. The van der Waals surface area contributed by atoms with Crippen LogP contribution < -0.4 is 5.73 Å². The van der Waals surface area contributed by atoms with E-state index in [2.05, 4.69) is 11.6 Å². The number of fused-ring (bicyclic) bond motifs is 1. The largest absolute Gasteiger partial charge is 0.457 e. The van der Waals surface area contributed by atoms with Gasteiger partial charge in [0.1, 0.15) is 12.4 Å². The van der Waals surface area contributed by atoms with Crippen molar-refractivity contribution in [2.45, 2.75) is 31.3 Å². The molecule has 1 aliphatic rings. The molecule has 0 fully saturated rings. The van der Waals surface area contributed by atoms with E-state index in [1.54, 1.807) is 42.5 Å². The quantitative estimate of drug-likeness (QED) is 0.124. The molecule has 0 radical (unpaired) electrons. The number of aliphatic imine (C=N–C) groups is 1. The van der Waals surface area contributed by atoms with Crippen molar-refractivity contribution >= 4 is 17.5 Å². The molecule has 1 unspecified atom stereocenters. The van der Waals surface area contributed by atoms with E-state index in [4.69, 9.17) is 10.5 Å². The second-order valence-electron chi connectivity index (χ2n) is 8.42. The number of nitrogens with two attached hydrogens (primary N) is 1. The summed E-state index contributed by atoms with van der Waals surface area (Å²) in [5.74, 6) is -1.01. The third-order valence-electron chi connectivity index (χ3n) is 5.95. The van der Waals surface area contributed by atoms with Crippen molar-refractivity contribution in [3.05, 3.63) is 112 Å². The number of hydrogen-bond donors (Lipinski definition) is 1. The van der Waals surface area contributed by atoms with Gasteiger partial charge in [-0.1, -0.05) is 42.5 Å². The second kappa shape index (κ2) is 9.76. The number of allylic oxidation sites excluding steroid dienone is 1. The zero-order chi connectivity index (χ0) is 27.0. The summed E-state index contributed by atoms with van der Waals surface area (Å²) in [6.45, 7) is 3.92. The zero-order valence-corrected chi connectivity index (χ0v) is 19.2. The Morgan fingerprint density at radius 3 is 2.27 bits per heavy atom. The lowest BCUT2D eigenvalue weighted by molar-refractivity contribution is -0.143. The predicted molar refractivity (Wildman–Crippen MR) is 125 cm³/mol. The lowest BCUT2D eigenvalue weighted by Gasteiger charge is -2.20. The predicted octanol–water partition coefficient (Wildman–Crippen LogP) is 7.14. The number of carbonyl (C=O) groups excluding carboxylic acids is 1. The van der Waals surface area contributed by atoms with Crippen molar-refractivity contribution in [2.75, 3.05) is 0 Å². The number of rotatable bonds is 6. The maximum atomic E-state index is 13.3. The molecule has 0 aromatic heterocycles. The molecular formula is C27H20F6N2O2. The Kier molecular flexibility index (Phi) is 6.86. The maximum absolute atomic E-state index is 13.3. The van der Waals surface area contributed by atoms with Crippen LogP contribution in [-0.2, 0) is 23.7 Å². The SMILES string of the molecule is C=CCC(c1ccc2c(c1)COC2=O)c1ccccc1C(N)=Nc1cc(C(F)(F)F)cc(C(F)(F)F)c1. The van der Waals surface area contributed by atoms with Gasteiger partial charge in [0.05, 0.1) is 22.4 Å². The summed E-state index contributed by atoms with van der Waals surface area (Å²) in [6, 6.07) is 13.0. The monoisotopic (exact) mass is 518 g/mol. The lowest BCUT2D eigenvalue weighted by Crippen LogP contribution is -2.18. The molecule has 3 aromatic carbocycles. The van der Waals surface area contributed by atoms with Crippen LogP contribution in [0, 0.1) is 0 Å². The highest BCUT2D eigenvalue weighted by Crippen LogP contribution is 2.39. The Labute approximate surface area is 208 Å². The van der Waals surface area contributed by atoms with Crippen LogP contribution in [0.15, 0.2) is 78.3 Å². The highest BCUT2D eigenvalue weighted by Gasteiger charge is 2.37. The first-order chi connectivity index (χ1) is 17.4. The Morgan fingerprint density at radius 1 is 1.00 bits per heavy atom. The smallest absolute Gasteiger partial charge is 0.416 e. The van der Waals surface area contributed by atoms with Gasteiger partial charge in [-0.2, -0.15) is 26.3 Å². The summed E-state index contributed by atoms with van der Waals surface area (Å²) in [7, 11) is 0. The highest BCUT2D eigenvalue weighted by atomic mass is 19.4. The average Bonchev–Trinajstić information content (AvgIpc) is 3.21. The molecule has 2 N–H and O–H groups in total. The minimum absolute atomic E-state index is 0.0333. The molecule has 37 heavy (non-hydrogen) atoms. The molecular weight excluding hydrogens is 498 g/mol. The maximum Gasteiger partial charge on any atom is 0.416 e. The summed E-state index contributed by atoms with van der Waals surface area (Å²) in [5, 5.41) is 0. The van der Waals surface area contributed by atoms with Crippen LogP contribution in [-0.4, -0.2) is 11.8 Å². The van der Waals surface area contributed by atoms with Gasteiger partial charge in [-0.05, 0) is 41.8 Å². The number of amidine groups is 1. The lowest BCUT2D eigenvalue weighted by atomic mass is 9.84. The third-order valence-corrected chi connectivity index (χ3v) is 5.95. The van der Waals surface area contributed by atoms with Crippen molar-refractivity contribution < 1.29 is 35.9 Å². The summed E-state index contributed by atoms with van der Waals surface area (Å²) >= 11 is 0. The summed E-state index contributed by atoms with van der Waals surface area (Å²) in [6.07, 6.45) is -7.91. The molecule has 1 atom stereocenters. The number of ether oxygens (including phenoxy) is 1. The number of esters is 1. The minimum Gasteiger partial charge on any atom is -0.457 e. The van der Waals surface area contributed by atoms with E-state index in [1.807, 2.05) is 6.07 Å². The van der Waals surface area contributed by atoms with E-state index in [0.717, 1.165) is 5.56 Å². The number of nitrogens with zero attached hydrogens (tertiary/aromatic N) is 1. The number of benzene rings is 3. The topological polar surface area (TPSA) is 64.7 Å². The van der Waals surface area contributed by atoms with Crippen molar-refractivity contribution in [1.29, 1.82) is 0 Å². The standard InChI is InChI=1S/C27H20F6N2O2/c1-2-5-20(15-8-9-21-16(10-15)14-37-25(21)36)22-6-3-4-7-23(22)24(34)35-19-12-17(26(28,29)30)11-18(13-19)27(31,32)33/h2-4,6-13,20H,1,5,14H2,(H2,34,35). The van der Waals surface area contributed by atoms with Gasteiger partial charge in [0, 0.05) is 17.0 Å². The van der Waals surface area contributed by atoms with Crippen LogP contribution >= 0.6 is 0 Å². The minimum atomic E-state index is -5.01. The summed E-state index contributed by atoms with van der Waals surface area (Å²) in [5.41, 5.74) is 5.56. The van der Waals surface area contributed by atoms with Crippen molar-refractivity contribution in [1.82, 2.24) is 0 Å². The van der Waals surface area contributed by atoms with Crippen LogP contribution in [0.25, 0.3) is 0 Å². The number of carbonyl (C=O) groups is 1. The zero-order valence-electron chi connectivity index (χ0n) is 19.2. The van der Waals surface area contributed by atoms with Crippen molar-refractivity contribution in [2.24, 2.45) is 10.7 Å². The van der Waals surface area contributed by atoms with Gasteiger partial charge in [0.2, 0.25) is 0 Å². The first-order valence-electron chi connectivity index (χ1n) is 11.0.